The Morgan fingerprint density at radius 2 is 1.88 bits per heavy atom. The van der Waals surface area contributed by atoms with Crippen molar-refractivity contribution in [2.45, 2.75) is 57.8 Å². The molecule has 3 heterocycles. The van der Waals surface area contributed by atoms with Crippen LogP contribution in [0.3, 0.4) is 0 Å². The second-order valence-corrected chi connectivity index (χ2v) is 9.31. The second-order valence-electron chi connectivity index (χ2n) is 8.20. The fraction of sp³-hybridized carbons (Fsp3) is 0.458. The number of carbonyl (C=O) groups is 1. The number of hydrogen-bond acceptors (Lipinski definition) is 7. The molecule has 176 valence electrons. The molecule has 2 aromatic heterocycles. The van der Waals surface area contributed by atoms with Gasteiger partial charge in [-0.1, -0.05) is 32.3 Å². The first-order chi connectivity index (χ1) is 16.0. The van der Waals surface area contributed by atoms with Crippen molar-refractivity contribution in [3.05, 3.63) is 40.5 Å². The highest BCUT2D eigenvalue weighted by atomic mass is 32.1. The van der Waals surface area contributed by atoms with Crippen molar-refractivity contribution in [2.75, 3.05) is 18.7 Å². The fourth-order valence-electron chi connectivity index (χ4n) is 4.26. The second kappa shape index (κ2) is 10.7. The third-order valence-electron chi connectivity index (χ3n) is 5.92. The maximum Gasteiger partial charge on any atom is 0.503 e. The van der Waals surface area contributed by atoms with Crippen molar-refractivity contribution in [1.29, 1.82) is 0 Å². The van der Waals surface area contributed by atoms with Crippen LogP contribution >= 0.6 is 11.3 Å². The van der Waals surface area contributed by atoms with E-state index in [1.807, 2.05) is 17.4 Å². The fourth-order valence-corrected chi connectivity index (χ4v) is 5.24. The summed E-state index contributed by atoms with van der Waals surface area (Å²) < 4.78 is 10.9. The van der Waals surface area contributed by atoms with Crippen molar-refractivity contribution in [3.8, 4) is 11.5 Å². The average molecular weight is 472 g/mol. The number of anilines is 1. The Morgan fingerprint density at radius 1 is 1.12 bits per heavy atom. The molecule has 0 radical (unpaired) electrons. The molecule has 0 saturated heterocycles. The van der Waals surface area contributed by atoms with Crippen LogP contribution in [0.5, 0.6) is 11.5 Å². The quantitative estimate of drug-likeness (QED) is 0.407. The topological polar surface area (TPSA) is 114 Å². The van der Waals surface area contributed by atoms with Crippen molar-refractivity contribution < 1.29 is 24.5 Å². The van der Waals surface area contributed by atoms with Gasteiger partial charge in [0.2, 0.25) is 6.79 Å². The lowest BCUT2D eigenvalue weighted by Gasteiger charge is -2.21. The molecule has 8 nitrogen and oxygen atoms in total. The highest BCUT2D eigenvalue weighted by Crippen LogP contribution is 2.36. The monoisotopic (exact) mass is 471 g/mol. The number of hydrogen-bond donors (Lipinski definition) is 3. The van der Waals surface area contributed by atoms with Crippen LogP contribution in [0.25, 0.3) is 10.2 Å². The number of carboxylic acid groups (broad SMARTS) is 2. The first kappa shape index (κ1) is 23.1. The maximum atomic E-state index is 8.56. The van der Waals surface area contributed by atoms with Crippen LogP contribution in [0.15, 0.2) is 24.3 Å². The number of benzene rings is 1. The highest BCUT2D eigenvalue weighted by Gasteiger charge is 2.21. The van der Waals surface area contributed by atoms with Crippen molar-refractivity contribution in [3.63, 3.8) is 0 Å². The van der Waals surface area contributed by atoms with Gasteiger partial charge < -0.3 is 25.0 Å². The van der Waals surface area contributed by atoms with Crippen LogP contribution in [-0.2, 0) is 12.8 Å². The maximum absolute atomic E-state index is 8.56. The molecule has 1 aliphatic carbocycles. The van der Waals surface area contributed by atoms with Crippen LogP contribution in [-0.4, -0.2) is 39.7 Å². The molecule has 5 rings (SSSR count). The lowest BCUT2D eigenvalue weighted by atomic mass is 9.88. The third-order valence-corrected chi connectivity index (χ3v) is 7.10. The molecule has 2 aliphatic rings. The zero-order valence-corrected chi connectivity index (χ0v) is 19.5. The minimum Gasteiger partial charge on any atom is -0.454 e. The summed E-state index contributed by atoms with van der Waals surface area (Å²) >= 11 is 1.81. The van der Waals surface area contributed by atoms with Gasteiger partial charge >= 0.3 is 6.16 Å². The standard InChI is InChI=1S/C23H27N3O2S.CH2O3/c1-2-17-13-18-22(24-11-10-15-8-9-19-20(12-15)28-14-27-19)25-21(26-23(18)29-17)16-6-4-3-5-7-16;2-1(3)4/h8-9,12-13,16H,2-7,10-11,14H2,1H3,(H,24,25,26);(H2,2,3,4). The molecule has 0 spiro atoms. The Kier molecular flexibility index (Phi) is 7.49. The number of aryl methyl sites for hydroxylation is 1. The van der Waals surface area contributed by atoms with E-state index in [1.54, 1.807) is 0 Å². The Labute approximate surface area is 196 Å². The zero-order chi connectivity index (χ0) is 23.2. The summed E-state index contributed by atoms with van der Waals surface area (Å²) in [4.78, 5) is 21.0. The van der Waals surface area contributed by atoms with E-state index in [0.29, 0.717) is 12.7 Å². The number of nitrogens with zero attached hydrogens (tertiary/aromatic N) is 2. The predicted octanol–water partition coefficient (Wildman–Crippen LogP) is 5.91. The van der Waals surface area contributed by atoms with Crippen LogP contribution < -0.4 is 14.8 Å². The van der Waals surface area contributed by atoms with Gasteiger partial charge in [0.25, 0.3) is 0 Å². The summed E-state index contributed by atoms with van der Waals surface area (Å²) in [5.74, 6) is 4.22. The molecular formula is C24H29N3O5S. The van der Waals surface area contributed by atoms with Crippen molar-refractivity contribution >= 4 is 33.5 Å². The predicted molar refractivity (Wildman–Crippen MR) is 128 cm³/mol. The van der Waals surface area contributed by atoms with Gasteiger partial charge in [0.1, 0.15) is 16.5 Å². The van der Waals surface area contributed by atoms with E-state index in [4.69, 9.17) is 34.4 Å². The summed E-state index contributed by atoms with van der Waals surface area (Å²) in [5.41, 5.74) is 1.24. The SMILES string of the molecule is CCc1cc2c(NCCc3ccc4c(c3)OCO4)nc(C3CCCCC3)nc2s1.O=C(O)O. The Morgan fingerprint density at radius 3 is 2.64 bits per heavy atom. The molecule has 3 N–H and O–H groups in total. The number of thiophene rings is 1. The molecule has 33 heavy (non-hydrogen) atoms. The zero-order valence-electron chi connectivity index (χ0n) is 18.7. The third kappa shape index (κ3) is 5.84. The number of nitrogens with one attached hydrogen (secondary N) is 1. The van der Waals surface area contributed by atoms with Crippen LogP contribution in [0, 0.1) is 0 Å². The average Bonchev–Trinajstić information content (AvgIpc) is 3.45. The number of aromatic nitrogens is 2. The molecule has 0 bridgehead atoms. The first-order valence-electron chi connectivity index (χ1n) is 11.4. The Balaban J connectivity index is 0.000000601. The van der Waals surface area contributed by atoms with Gasteiger partial charge in [-0.2, -0.15) is 0 Å². The normalized spacial score (nSPS) is 15.2. The molecule has 1 aromatic carbocycles. The van der Waals surface area contributed by atoms with Gasteiger partial charge in [0.15, 0.2) is 11.5 Å². The summed E-state index contributed by atoms with van der Waals surface area (Å²) in [7, 11) is 0. The summed E-state index contributed by atoms with van der Waals surface area (Å²) in [6.07, 6.45) is 6.48. The highest BCUT2D eigenvalue weighted by molar-refractivity contribution is 7.18. The van der Waals surface area contributed by atoms with E-state index in [2.05, 4.69) is 30.4 Å². The molecule has 1 aliphatic heterocycles. The lowest BCUT2D eigenvalue weighted by molar-refractivity contribution is 0.137. The largest absolute Gasteiger partial charge is 0.503 e. The van der Waals surface area contributed by atoms with E-state index < -0.39 is 6.16 Å². The van der Waals surface area contributed by atoms with Gasteiger partial charge in [0, 0.05) is 17.3 Å². The molecule has 0 amide bonds. The molecule has 9 heteroatoms. The Hall–Kier alpha value is -3.07. The van der Waals surface area contributed by atoms with Gasteiger partial charge in [-0.25, -0.2) is 14.8 Å². The van der Waals surface area contributed by atoms with Gasteiger partial charge in [0.05, 0.1) is 5.39 Å². The minimum atomic E-state index is -1.83. The first-order valence-corrected chi connectivity index (χ1v) is 12.2. The van der Waals surface area contributed by atoms with Gasteiger partial charge in [-0.3, -0.25) is 0 Å². The van der Waals surface area contributed by atoms with Crippen LogP contribution in [0.2, 0.25) is 0 Å². The summed E-state index contributed by atoms with van der Waals surface area (Å²) in [6.45, 7) is 3.35. The molecular weight excluding hydrogens is 442 g/mol. The van der Waals surface area contributed by atoms with Crippen molar-refractivity contribution in [1.82, 2.24) is 9.97 Å². The number of rotatable bonds is 6. The summed E-state index contributed by atoms with van der Waals surface area (Å²) in [5, 5.41) is 18.7. The molecule has 1 fully saturated rings. The molecule has 1 saturated carbocycles. The van der Waals surface area contributed by atoms with E-state index >= 15 is 0 Å². The molecule has 0 atom stereocenters. The molecule has 3 aromatic rings. The van der Waals surface area contributed by atoms with Gasteiger partial charge in [-0.05, 0) is 49.4 Å². The smallest absolute Gasteiger partial charge is 0.454 e. The minimum absolute atomic E-state index is 0.317. The van der Waals surface area contributed by atoms with Crippen LogP contribution in [0.4, 0.5) is 10.6 Å². The number of ether oxygens (including phenoxy) is 2. The van der Waals surface area contributed by atoms with E-state index in [0.717, 1.165) is 52.7 Å². The van der Waals surface area contributed by atoms with Gasteiger partial charge in [-0.15, -0.1) is 11.3 Å². The van der Waals surface area contributed by atoms with E-state index in [1.165, 1.54) is 42.5 Å². The number of fused-ring (bicyclic) bond motifs is 2. The summed E-state index contributed by atoms with van der Waals surface area (Å²) in [6, 6.07) is 8.44. The lowest BCUT2D eigenvalue weighted by Crippen LogP contribution is -2.12. The Bertz CT molecular complexity index is 1110. The van der Waals surface area contributed by atoms with E-state index in [-0.39, 0.29) is 0 Å². The molecule has 0 unspecified atom stereocenters. The van der Waals surface area contributed by atoms with Crippen molar-refractivity contribution in [2.24, 2.45) is 0 Å². The van der Waals surface area contributed by atoms with E-state index in [9.17, 15) is 0 Å². The van der Waals surface area contributed by atoms with Crippen LogP contribution in [0.1, 0.15) is 61.2 Å².